The first-order valence-corrected chi connectivity index (χ1v) is 11.0. The average molecular weight is 475 g/mol. The first kappa shape index (κ1) is 24.5. The fourth-order valence-electron chi connectivity index (χ4n) is 3.34. The van der Waals surface area contributed by atoms with E-state index in [9.17, 15) is 27.6 Å². The van der Waals surface area contributed by atoms with Gasteiger partial charge in [-0.2, -0.15) is 0 Å². The lowest BCUT2D eigenvalue weighted by Gasteiger charge is -2.39. The molecule has 1 aromatic heterocycles. The molecule has 0 bridgehead atoms. The molecule has 3 N–H and O–H groups in total. The van der Waals surface area contributed by atoms with Crippen molar-refractivity contribution in [1.29, 1.82) is 0 Å². The minimum absolute atomic E-state index is 0.0547. The quantitative estimate of drug-likeness (QED) is 0.448. The first-order valence-electron chi connectivity index (χ1n) is 9.50. The van der Waals surface area contributed by atoms with Crippen LogP contribution in [-0.2, 0) is 24.2 Å². The van der Waals surface area contributed by atoms with Crippen LogP contribution in [0.15, 0.2) is 42.6 Å². The van der Waals surface area contributed by atoms with Crippen LogP contribution in [-0.4, -0.2) is 52.0 Å². The fraction of sp³-hybridized carbons (Fsp3) is 0.400. The van der Waals surface area contributed by atoms with Crippen LogP contribution in [0, 0.1) is 5.92 Å². The Kier molecular flexibility index (Phi) is 7.49. The van der Waals surface area contributed by atoms with Crippen LogP contribution in [0.4, 0.5) is 13.2 Å². The van der Waals surface area contributed by atoms with Crippen LogP contribution >= 0.6 is 7.82 Å². The number of Topliss-reactive ketones (excluding diaryl/α,β-unsaturated/α-hetero) is 1. The standard InChI is InChI=1S/C20H21F3NO7P/c21-8-15(7-16(25)19(22)23)18(26)13-3-1-12(2-4-13)14-5-6-17(24-9-14)20(10-30-11-20)31-32(27,28)29/h1-6,9,15,18-19,26H,7-8,10-11H2,(H2,27,28,29)/t15-,18-/m1/s1. The Morgan fingerprint density at radius 2 is 1.78 bits per heavy atom. The lowest BCUT2D eigenvalue weighted by Crippen LogP contribution is -2.48. The molecule has 1 aliphatic heterocycles. The molecule has 0 aliphatic carbocycles. The number of phosphoric acid groups is 1. The highest BCUT2D eigenvalue weighted by atomic mass is 31.2. The summed E-state index contributed by atoms with van der Waals surface area (Å²) in [6.45, 7) is -1.24. The van der Waals surface area contributed by atoms with Crippen molar-refractivity contribution in [3.63, 3.8) is 0 Å². The third-order valence-corrected chi connectivity index (χ3v) is 5.72. The number of benzene rings is 1. The highest BCUT2D eigenvalue weighted by Crippen LogP contribution is 2.48. The molecular weight excluding hydrogens is 454 g/mol. The van der Waals surface area contributed by atoms with E-state index in [1.54, 1.807) is 24.3 Å². The number of aromatic nitrogens is 1. The maximum Gasteiger partial charge on any atom is 0.470 e. The Labute approximate surface area is 181 Å². The Hall–Kier alpha value is -2.14. The molecule has 12 heteroatoms. The molecular formula is C20H21F3NO7P. The van der Waals surface area contributed by atoms with Gasteiger partial charge < -0.3 is 19.6 Å². The fourth-order valence-corrected chi connectivity index (χ4v) is 3.99. The molecule has 1 aliphatic rings. The van der Waals surface area contributed by atoms with Crippen molar-refractivity contribution in [1.82, 2.24) is 4.98 Å². The maximum absolute atomic E-state index is 13.2. The summed E-state index contributed by atoms with van der Waals surface area (Å²) in [5.74, 6) is -2.70. The SMILES string of the molecule is O=C(C[C@H](CF)[C@H](O)c1ccc(-c2ccc(C3(OP(=O)(O)O)COC3)nc2)cc1)C(F)F. The summed E-state index contributed by atoms with van der Waals surface area (Å²) in [5, 5.41) is 10.3. The van der Waals surface area contributed by atoms with Crippen molar-refractivity contribution < 1.29 is 46.7 Å². The lowest BCUT2D eigenvalue weighted by molar-refractivity contribution is -0.178. The summed E-state index contributed by atoms with van der Waals surface area (Å²) in [5.41, 5.74) is 0.523. The Morgan fingerprint density at radius 1 is 1.16 bits per heavy atom. The largest absolute Gasteiger partial charge is 0.470 e. The zero-order chi connectivity index (χ0) is 23.5. The van der Waals surface area contributed by atoms with E-state index < -0.39 is 50.7 Å². The summed E-state index contributed by atoms with van der Waals surface area (Å²) in [7, 11) is -4.76. The van der Waals surface area contributed by atoms with Crippen molar-refractivity contribution in [2.75, 3.05) is 19.9 Å². The first-order chi connectivity index (χ1) is 15.0. The number of phosphoric ester groups is 1. The normalized spacial score (nSPS) is 17.6. The third-order valence-electron chi connectivity index (χ3n) is 5.13. The molecule has 0 spiro atoms. The maximum atomic E-state index is 13.2. The predicted molar refractivity (Wildman–Crippen MR) is 105 cm³/mol. The second-order valence-corrected chi connectivity index (χ2v) is 8.62. The molecule has 1 aromatic carbocycles. The topological polar surface area (TPSA) is 126 Å². The molecule has 1 saturated heterocycles. The molecule has 174 valence electrons. The second-order valence-electron chi connectivity index (χ2n) is 7.45. The molecule has 0 radical (unpaired) electrons. The number of hydrogen-bond donors (Lipinski definition) is 3. The zero-order valence-electron chi connectivity index (χ0n) is 16.6. The van der Waals surface area contributed by atoms with Crippen molar-refractivity contribution in [2.45, 2.75) is 24.6 Å². The van der Waals surface area contributed by atoms with Crippen LogP contribution in [0.25, 0.3) is 11.1 Å². The van der Waals surface area contributed by atoms with E-state index >= 15 is 0 Å². The summed E-state index contributed by atoms with van der Waals surface area (Å²) in [6.07, 6.45) is -3.95. The Morgan fingerprint density at radius 3 is 2.22 bits per heavy atom. The summed E-state index contributed by atoms with van der Waals surface area (Å²) < 4.78 is 59.2. The highest BCUT2D eigenvalue weighted by Gasteiger charge is 2.47. The summed E-state index contributed by atoms with van der Waals surface area (Å²) >= 11 is 0. The average Bonchev–Trinajstić information content (AvgIpc) is 2.73. The van der Waals surface area contributed by atoms with E-state index in [4.69, 9.17) is 19.0 Å². The molecule has 0 amide bonds. The second kappa shape index (κ2) is 9.78. The molecule has 0 unspecified atom stereocenters. The van der Waals surface area contributed by atoms with E-state index in [2.05, 4.69) is 4.98 Å². The number of ether oxygens (including phenoxy) is 1. The Bertz CT molecular complexity index is 978. The number of halogens is 3. The van der Waals surface area contributed by atoms with Crippen molar-refractivity contribution >= 4 is 13.6 Å². The van der Waals surface area contributed by atoms with Gasteiger partial charge in [0.15, 0.2) is 11.4 Å². The van der Waals surface area contributed by atoms with E-state index in [-0.39, 0.29) is 24.5 Å². The van der Waals surface area contributed by atoms with Gasteiger partial charge in [0, 0.05) is 24.1 Å². The van der Waals surface area contributed by atoms with Crippen molar-refractivity contribution in [3.05, 3.63) is 53.9 Å². The molecule has 8 nitrogen and oxygen atoms in total. The number of aliphatic hydroxyl groups is 1. The van der Waals surface area contributed by atoms with Gasteiger partial charge in [0.1, 0.15) is 0 Å². The number of pyridine rings is 1. The number of aliphatic hydroxyl groups excluding tert-OH is 1. The monoisotopic (exact) mass is 475 g/mol. The predicted octanol–water partition coefficient (Wildman–Crippen LogP) is 2.93. The summed E-state index contributed by atoms with van der Waals surface area (Å²) in [6, 6.07) is 9.39. The summed E-state index contributed by atoms with van der Waals surface area (Å²) in [4.78, 5) is 33.7. The number of carbonyl (C=O) groups excluding carboxylic acids is 1. The highest BCUT2D eigenvalue weighted by molar-refractivity contribution is 7.46. The molecule has 3 rings (SSSR count). The molecule has 2 aromatic rings. The van der Waals surface area contributed by atoms with Crippen molar-refractivity contribution in [2.24, 2.45) is 5.92 Å². The van der Waals surface area contributed by atoms with Gasteiger partial charge >= 0.3 is 7.82 Å². The number of rotatable bonds is 10. The molecule has 0 saturated carbocycles. The smallest absolute Gasteiger partial charge is 0.388 e. The molecule has 2 heterocycles. The number of alkyl halides is 3. The van der Waals surface area contributed by atoms with Gasteiger partial charge in [0.05, 0.1) is 31.7 Å². The zero-order valence-corrected chi connectivity index (χ0v) is 17.5. The third kappa shape index (κ3) is 5.61. The van der Waals surface area contributed by atoms with Crippen LogP contribution in [0.3, 0.4) is 0 Å². The van der Waals surface area contributed by atoms with Crippen LogP contribution in [0.2, 0.25) is 0 Å². The van der Waals surface area contributed by atoms with E-state index in [0.29, 0.717) is 11.1 Å². The van der Waals surface area contributed by atoms with Gasteiger partial charge in [-0.1, -0.05) is 30.3 Å². The van der Waals surface area contributed by atoms with E-state index in [1.807, 2.05) is 0 Å². The van der Waals surface area contributed by atoms with Crippen molar-refractivity contribution in [3.8, 4) is 11.1 Å². The molecule has 1 fully saturated rings. The number of carbonyl (C=O) groups is 1. The minimum Gasteiger partial charge on any atom is -0.388 e. The molecule has 32 heavy (non-hydrogen) atoms. The molecule has 2 atom stereocenters. The van der Waals surface area contributed by atoms with E-state index in [1.165, 1.54) is 18.3 Å². The van der Waals surface area contributed by atoms with Crippen LogP contribution < -0.4 is 0 Å². The van der Waals surface area contributed by atoms with Gasteiger partial charge in [-0.15, -0.1) is 0 Å². The van der Waals surface area contributed by atoms with Gasteiger partial charge in [0.25, 0.3) is 6.43 Å². The number of ketones is 1. The van der Waals surface area contributed by atoms with Crippen LogP contribution in [0.1, 0.15) is 23.8 Å². The van der Waals surface area contributed by atoms with Crippen LogP contribution in [0.5, 0.6) is 0 Å². The number of hydrogen-bond acceptors (Lipinski definition) is 6. The van der Waals surface area contributed by atoms with E-state index in [0.717, 1.165) is 0 Å². The minimum atomic E-state index is -4.76. The van der Waals surface area contributed by atoms with Gasteiger partial charge in [0.2, 0.25) is 0 Å². The van der Waals surface area contributed by atoms with Gasteiger partial charge in [-0.25, -0.2) is 13.3 Å². The van der Waals surface area contributed by atoms with Gasteiger partial charge in [-0.05, 0) is 17.2 Å². The van der Waals surface area contributed by atoms with Gasteiger partial charge in [-0.3, -0.25) is 18.7 Å². The lowest BCUT2D eigenvalue weighted by atomic mass is 9.91. The Balaban J connectivity index is 1.73. The number of nitrogens with zero attached hydrogens (tertiary/aromatic N) is 1.